The Labute approximate surface area is 158 Å². The van der Waals surface area contributed by atoms with Gasteiger partial charge >= 0.3 is 6.03 Å². The maximum atomic E-state index is 12.2. The van der Waals surface area contributed by atoms with Gasteiger partial charge in [-0.15, -0.1) is 0 Å². The fraction of sp³-hybridized carbons (Fsp3) is 0.667. The summed E-state index contributed by atoms with van der Waals surface area (Å²) in [5.74, 6) is 1.25. The minimum atomic E-state index is 0.00507. The zero-order valence-electron chi connectivity index (χ0n) is 16.3. The van der Waals surface area contributed by atoms with E-state index < -0.39 is 0 Å². The summed E-state index contributed by atoms with van der Waals surface area (Å²) in [7, 11) is 0. The summed E-state index contributed by atoms with van der Waals surface area (Å²) >= 11 is 0. The standard InChI is InChI=1S/C21H34N4O/c1-17(2)15-24-11-9-19(10-12-24)23-21(26)22-14-18-8-13-25(16-18)20-6-4-3-5-7-20/h3-7,17-19H,8-16H2,1-2H3,(H2,22,23,26). The average Bonchev–Trinajstić information content (AvgIpc) is 3.11. The first-order chi connectivity index (χ1) is 12.6. The highest BCUT2D eigenvalue weighted by Crippen LogP contribution is 2.22. The van der Waals surface area contributed by atoms with Crippen molar-refractivity contribution < 1.29 is 4.79 Å². The lowest BCUT2D eigenvalue weighted by Gasteiger charge is -2.33. The Morgan fingerprint density at radius 1 is 1.12 bits per heavy atom. The van der Waals surface area contributed by atoms with Gasteiger partial charge in [-0.05, 0) is 43.2 Å². The number of anilines is 1. The Hall–Kier alpha value is -1.75. The molecule has 2 N–H and O–H groups in total. The first-order valence-electron chi connectivity index (χ1n) is 10.2. The summed E-state index contributed by atoms with van der Waals surface area (Å²) in [5, 5.41) is 6.27. The van der Waals surface area contributed by atoms with Gasteiger partial charge in [-0.25, -0.2) is 4.79 Å². The van der Waals surface area contributed by atoms with Crippen molar-refractivity contribution in [3.63, 3.8) is 0 Å². The van der Waals surface area contributed by atoms with Gasteiger partial charge in [0.15, 0.2) is 0 Å². The smallest absolute Gasteiger partial charge is 0.315 e. The highest BCUT2D eigenvalue weighted by molar-refractivity contribution is 5.74. The van der Waals surface area contributed by atoms with Crippen LogP contribution < -0.4 is 15.5 Å². The van der Waals surface area contributed by atoms with E-state index in [1.54, 1.807) is 0 Å². The van der Waals surface area contributed by atoms with E-state index in [2.05, 4.69) is 64.6 Å². The quantitative estimate of drug-likeness (QED) is 0.822. The molecule has 2 fully saturated rings. The van der Waals surface area contributed by atoms with Crippen molar-refractivity contribution >= 4 is 11.7 Å². The van der Waals surface area contributed by atoms with Crippen LogP contribution >= 0.6 is 0 Å². The lowest BCUT2D eigenvalue weighted by molar-refractivity contribution is 0.177. The van der Waals surface area contributed by atoms with E-state index in [1.165, 1.54) is 12.2 Å². The van der Waals surface area contributed by atoms with Crippen LogP contribution in [-0.2, 0) is 0 Å². The second kappa shape index (κ2) is 9.26. The third-order valence-electron chi connectivity index (χ3n) is 5.50. The number of rotatable bonds is 6. The fourth-order valence-electron chi connectivity index (χ4n) is 4.12. The highest BCUT2D eigenvalue weighted by Gasteiger charge is 2.24. The Morgan fingerprint density at radius 3 is 2.54 bits per heavy atom. The average molecular weight is 359 g/mol. The maximum absolute atomic E-state index is 12.2. The topological polar surface area (TPSA) is 47.6 Å². The van der Waals surface area contributed by atoms with Gasteiger partial charge in [-0.2, -0.15) is 0 Å². The zero-order chi connectivity index (χ0) is 18.4. The van der Waals surface area contributed by atoms with Crippen LogP contribution in [0.1, 0.15) is 33.1 Å². The third kappa shape index (κ3) is 5.63. The van der Waals surface area contributed by atoms with E-state index in [9.17, 15) is 4.79 Å². The minimum Gasteiger partial charge on any atom is -0.371 e. The Kier molecular flexibility index (Phi) is 6.78. The van der Waals surface area contributed by atoms with Gasteiger partial charge in [0.05, 0.1) is 0 Å². The van der Waals surface area contributed by atoms with Crippen LogP contribution in [0.3, 0.4) is 0 Å². The van der Waals surface area contributed by atoms with E-state index in [0.717, 1.165) is 52.0 Å². The van der Waals surface area contributed by atoms with Crippen molar-refractivity contribution in [3.05, 3.63) is 30.3 Å². The molecule has 5 nitrogen and oxygen atoms in total. The number of benzene rings is 1. The molecule has 1 aromatic rings. The normalized spacial score (nSPS) is 22.0. The number of hydrogen-bond donors (Lipinski definition) is 2. The molecular weight excluding hydrogens is 324 g/mol. The molecule has 144 valence electrons. The number of amides is 2. The first-order valence-corrected chi connectivity index (χ1v) is 10.2. The monoisotopic (exact) mass is 358 g/mol. The number of urea groups is 1. The fourth-order valence-corrected chi connectivity index (χ4v) is 4.12. The van der Waals surface area contributed by atoms with Crippen LogP contribution in [0, 0.1) is 11.8 Å². The van der Waals surface area contributed by atoms with Crippen molar-refractivity contribution in [2.24, 2.45) is 11.8 Å². The predicted molar refractivity (Wildman–Crippen MR) is 108 cm³/mol. The number of nitrogens with one attached hydrogen (secondary N) is 2. The van der Waals surface area contributed by atoms with Crippen LogP contribution in [0.25, 0.3) is 0 Å². The number of para-hydroxylation sites is 1. The number of carbonyl (C=O) groups is 1. The van der Waals surface area contributed by atoms with Crippen molar-refractivity contribution in [2.75, 3.05) is 44.2 Å². The SMILES string of the molecule is CC(C)CN1CCC(NC(=O)NCC2CCN(c3ccccc3)C2)CC1. The van der Waals surface area contributed by atoms with Gasteiger partial charge < -0.3 is 20.4 Å². The van der Waals surface area contributed by atoms with Gasteiger partial charge in [0.2, 0.25) is 0 Å². The molecule has 5 heteroatoms. The summed E-state index contributed by atoms with van der Waals surface area (Å²) < 4.78 is 0. The van der Waals surface area contributed by atoms with E-state index >= 15 is 0 Å². The zero-order valence-corrected chi connectivity index (χ0v) is 16.3. The van der Waals surface area contributed by atoms with Gasteiger partial charge in [-0.1, -0.05) is 32.0 Å². The summed E-state index contributed by atoms with van der Waals surface area (Å²) in [6.45, 7) is 10.7. The summed E-state index contributed by atoms with van der Waals surface area (Å²) in [6.07, 6.45) is 3.26. The van der Waals surface area contributed by atoms with Gasteiger partial charge in [0, 0.05) is 51.0 Å². The number of nitrogens with zero attached hydrogens (tertiary/aromatic N) is 2. The van der Waals surface area contributed by atoms with E-state index in [0.29, 0.717) is 17.9 Å². The van der Waals surface area contributed by atoms with Gasteiger partial charge in [-0.3, -0.25) is 0 Å². The van der Waals surface area contributed by atoms with Gasteiger partial charge in [0.1, 0.15) is 0 Å². The molecule has 1 unspecified atom stereocenters. The van der Waals surface area contributed by atoms with Gasteiger partial charge in [0.25, 0.3) is 0 Å². The van der Waals surface area contributed by atoms with Crippen molar-refractivity contribution in [1.29, 1.82) is 0 Å². The molecule has 0 saturated carbocycles. The Bertz CT molecular complexity index is 554. The van der Waals surface area contributed by atoms with E-state index in [4.69, 9.17) is 0 Å². The summed E-state index contributed by atoms with van der Waals surface area (Å²) in [4.78, 5) is 17.2. The Balaban J connectivity index is 1.33. The molecule has 3 rings (SSSR count). The number of carbonyl (C=O) groups excluding carboxylic acids is 1. The molecule has 1 aromatic carbocycles. The molecule has 0 bridgehead atoms. The first kappa shape index (κ1) is 19.0. The van der Waals surface area contributed by atoms with Crippen LogP contribution in [0.5, 0.6) is 0 Å². The molecule has 2 amide bonds. The number of hydrogen-bond acceptors (Lipinski definition) is 3. The molecule has 2 saturated heterocycles. The summed E-state index contributed by atoms with van der Waals surface area (Å²) in [6, 6.07) is 10.9. The molecule has 2 aliphatic heterocycles. The number of piperidine rings is 1. The third-order valence-corrected chi connectivity index (χ3v) is 5.50. The second-order valence-electron chi connectivity index (χ2n) is 8.26. The van der Waals surface area contributed by atoms with Crippen LogP contribution in [0.4, 0.5) is 10.5 Å². The lowest BCUT2D eigenvalue weighted by atomic mass is 10.0. The molecule has 0 radical (unpaired) electrons. The molecule has 1 atom stereocenters. The maximum Gasteiger partial charge on any atom is 0.315 e. The van der Waals surface area contributed by atoms with E-state index in [1.807, 2.05) is 0 Å². The molecule has 2 aliphatic rings. The summed E-state index contributed by atoms with van der Waals surface area (Å²) in [5.41, 5.74) is 1.28. The second-order valence-corrected chi connectivity index (χ2v) is 8.26. The van der Waals surface area contributed by atoms with Crippen molar-refractivity contribution in [3.8, 4) is 0 Å². The van der Waals surface area contributed by atoms with Crippen molar-refractivity contribution in [2.45, 2.75) is 39.2 Å². The highest BCUT2D eigenvalue weighted by atomic mass is 16.2. The molecular formula is C21H34N4O. The van der Waals surface area contributed by atoms with Crippen molar-refractivity contribution in [1.82, 2.24) is 15.5 Å². The molecule has 0 aromatic heterocycles. The lowest BCUT2D eigenvalue weighted by Crippen LogP contribution is -2.49. The van der Waals surface area contributed by atoms with Crippen LogP contribution in [0.15, 0.2) is 30.3 Å². The molecule has 0 aliphatic carbocycles. The van der Waals surface area contributed by atoms with Crippen LogP contribution in [-0.4, -0.2) is 56.2 Å². The van der Waals surface area contributed by atoms with E-state index in [-0.39, 0.29) is 6.03 Å². The molecule has 2 heterocycles. The van der Waals surface area contributed by atoms with Crippen LogP contribution in [0.2, 0.25) is 0 Å². The number of likely N-dealkylation sites (tertiary alicyclic amines) is 1. The Morgan fingerprint density at radius 2 is 1.85 bits per heavy atom. The largest absolute Gasteiger partial charge is 0.371 e. The minimum absolute atomic E-state index is 0.00507. The molecule has 0 spiro atoms. The predicted octanol–water partition coefficient (Wildman–Crippen LogP) is 2.93. The molecule has 26 heavy (non-hydrogen) atoms.